The standard InChI is InChI=1S/C25H31N3O4S2/c1-5-13-28-22-12-7-19(6-2)14-23(22)33-25(28)26-24(29)20-8-10-21(11-9-20)34(30,31)27-15-17(3)32-18(4)16-27/h7-12,14,17-18H,5-6,13,15-16H2,1-4H3. The van der Waals surface area contributed by atoms with Crippen molar-refractivity contribution in [2.24, 2.45) is 4.99 Å². The Morgan fingerprint density at radius 3 is 2.38 bits per heavy atom. The predicted molar refractivity (Wildman–Crippen MR) is 135 cm³/mol. The van der Waals surface area contributed by atoms with E-state index in [1.54, 1.807) is 12.1 Å². The summed E-state index contributed by atoms with van der Waals surface area (Å²) in [5.41, 5.74) is 2.68. The van der Waals surface area contributed by atoms with Crippen molar-refractivity contribution in [1.82, 2.24) is 8.87 Å². The van der Waals surface area contributed by atoms with Gasteiger partial charge < -0.3 is 9.30 Å². The number of aryl methyl sites for hydroxylation is 2. The molecule has 182 valence electrons. The number of rotatable bonds is 6. The van der Waals surface area contributed by atoms with E-state index in [2.05, 4.69) is 41.6 Å². The maximum Gasteiger partial charge on any atom is 0.279 e. The van der Waals surface area contributed by atoms with Gasteiger partial charge in [-0.15, -0.1) is 0 Å². The van der Waals surface area contributed by atoms with Gasteiger partial charge in [-0.1, -0.05) is 31.3 Å². The van der Waals surface area contributed by atoms with Crippen LogP contribution >= 0.6 is 11.3 Å². The van der Waals surface area contributed by atoms with Gasteiger partial charge in [-0.3, -0.25) is 4.79 Å². The van der Waals surface area contributed by atoms with Crippen molar-refractivity contribution in [3.63, 3.8) is 0 Å². The summed E-state index contributed by atoms with van der Waals surface area (Å²) < 4.78 is 36.4. The van der Waals surface area contributed by atoms with Crippen LogP contribution in [0.3, 0.4) is 0 Å². The molecule has 1 amide bonds. The number of thiazole rings is 1. The van der Waals surface area contributed by atoms with Crippen molar-refractivity contribution in [3.05, 3.63) is 58.4 Å². The number of carbonyl (C=O) groups is 1. The Labute approximate surface area is 204 Å². The lowest BCUT2D eigenvalue weighted by Crippen LogP contribution is -2.48. The average Bonchev–Trinajstić information content (AvgIpc) is 3.14. The molecule has 0 radical (unpaired) electrons. The monoisotopic (exact) mass is 501 g/mol. The van der Waals surface area contributed by atoms with Gasteiger partial charge in [-0.25, -0.2) is 8.42 Å². The summed E-state index contributed by atoms with van der Waals surface area (Å²) in [6, 6.07) is 12.4. The van der Waals surface area contributed by atoms with Crippen LogP contribution in [0.2, 0.25) is 0 Å². The lowest BCUT2D eigenvalue weighted by molar-refractivity contribution is -0.0440. The Morgan fingerprint density at radius 1 is 1.09 bits per heavy atom. The minimum Gasteiger partial charge on any atom is -0.373 e. The van der Waals surface area contributed by atoms with E-state index in [4.69, 9.17) is 4.74 Å². The first kappa shape index (κ1) is 24.8. The van der Waals surface area contributed by atoms with Crippen molar-refractivity contribution >= 4 is 37.5 Å². The second-order valence-electron chi connectivity index (χ2n) is 8.71. The van der Waals surface area contributed by atoms with E-state index < -0.39 is 10.0 Å². The number of nitrogens with zero attached hydrogens (tertiary/aromatic N) is 3. The van der Waals surface area contributed by atoms with Gasteiger partial charge in [0.1, 0.15) is 0 Å². The highest BCUT2D eigenvalue weighted by molar-refractivity contribution is 7.89. The molecule has 9 heteroatoms. The summed E-state index contributed by atoms with van der Waals surface area (Å²) in [5, 5.41) is 0. The molecule has 1 saturated heterocycles. The Morgan fingerprint density at radius 2 is 1.76 bits per heavy atom. The maximum atomic E-state index is 13.1. The fourth-order valence-electron chi connectivity index (χ4n) is 4.26. The summed E-state index contributed by atoms with van der Waals surface area (Å²) in [7, 11) is -3.66. The predicted octanol–water partition coefficient (Wildman–Crippen LogP) is 4.21. The molecule has 2 unspecified atom stereocenters. The largest absolute Gasteiger partial charge is 0.373 e. The molecular formula is C25H31N3O4S2. The van der Waals surface area contributed by atoms with Crippen molar-refractivity contribution < 1.29 is 17.9 Å². The quantitative estimate of drug-likeness (QED) is 0.507. The fraction of sp³-hybridized carbons (Fsp3) is 0.440. The van der Waals surface area contributed by atoms with Crippen molar-refractivity contribution in [3.8, 4) is 0 Å². The van der Waals surface area contributed by atoms with Gasteiger partial charge in [0.15, 0.2) is 4.80 Å². The van der Waals surface area contributed by atoms with E-state index in [-0.39, 0.29) is 23.0 Å². The van der Waals surface area contributed by atoms with E-state index in [0.717, 1.165) is 29.6 Å². The molecule has 0 bridgehead atoms. The molecule has 0 saturated carbocycles. The van der Waals surface area contributed by atoms with E-state index in [0.29, 0.717) is 23.5 Å². The molecule has 0 N–H and O–H groups in total. The van der Waals surface area contributed by atoms with Crippen LogP contribution in [-0.2, 0) is 27.7 Å². The molecule has 7 nitrogen and oxygen atoms in total. The average molecular weight is 502 g/mol. The van der Waals surface area contributed by atoms with Crippen LogP contribution in [0, 0.1) is 0 Å². The van der Waals surface area contributed by atoms with Crippen LogP contribution in [0.25, 0.3) is 10.2 Å². The molecule has 3 aromatic rings. The Balaban J connectivity index is 1.63. The molecule has 0 aliphatic carbocycles. The summed E-state index contributed by atoms with van der Waals surface area (Å²) in [5.74, 6) is -0.385. The molecule has 0 spiro atoms. The number of aromatic nitrogens is 1. The van der Waals surface area contributed by atoms with Gasteiger partial charge in [0.2, 0.25) is 10.0 Å². The topological polar surface area (TPSA) is 81.0 Å². The first-order valence-electron chi connectivity index (χ1n) is 11.7. The SMILES string of the molecule is CCCn1c(=NC(=O)c2ccc(S(=O)(=O)N3CC(C)OC(C)C3)cc2)sc2cc(CC)ccc21. The Bertz CT molecular complexity index is 1350. The lowest BCUT2D eigenvalue weighted by Gasteiger charge is -2.34. The molecule has 4 rings (SSSR count). The zero-order valence-corrected chi connectivity index (χ0v) is 21.7. The van der Waals surface area contributed by atoms with E-state index in [1.165, 1.54) is 33.3 Å². The van der Waals surface area contributed by atoms with Crippen molar-refractivity contribution in [1.29, 1.82) is 0 Å². The number of sulfonamides is 1. The van der Waals surface area contributed by atoms with Crippen LogP contribution in [0.1, 0.15) is 50.0 Å². The highest BCUT2D eigenvalue weighted by atomic mass is 32.2. The van der Waals surface area contributed by atoms with Crippen LogP contribution in [0.4, 0.5) is 0 Å². The fourth-order valence-corrected chi connectivity index (χ4v) is 6.97. The summed E-state index contributed by atoms with van der Waals surface area (Å²) >= 11 is 1.50. The summed E-state index contributed by atoms with van der Waals surface area (Å²) in [6.45, 7) is 9.33. The number of hydrogen-bond acceptors (Lipinski definition) is 5. The number of benzene rings is 2. The first-order chi connectivity index (χ1) is 16.2. The van der Waals surface area contributed by atoms with Gasteiger partial charge >= 0.3 is 0 Å². The number of amides is 1. The van der Waals surface area contributed by atoms with Crippen LogP contribution in [-0.4, -0.2) is 48.5 Å². The summed E-state index contributed by atoms with van der Waals surface area (Å²) in [6.07, 6.45) is 1.55. The van der Waals surface area contributed by atoms with Crippen LogP contribution in [0.5, 0.6) is 0 Å². The first-order valence-corrected chi connectivity index (χ1v) is 14.0. The second-order valence-corrected chi connectivity index (χ2v) is 11.7. The number of carbonyl (C=O) groups excluding carboxylic acids is 1. The van der Waals surface area contributed by atoms with Crippen LogP contribution in [0.15, 0.2) is 52.4 Å². The van der Waals surface area contributed by atoms with Gasteiger partial charge in [-0.05, 0) is 68.7 Å². The third-order valence-electron chi connectivity index (χ3n) is 5.92. The number of hydrogen-bond donors (Lipinski definition) is 0. The van der Waals surface area contributed by atoms with Crippen molar-refractivity contribution in [2.45, 2.75) is 64.2 Å². The van der Waals surface area contributed by atoms with E-state index >= 15 is 0 Å². The molecule has 34 heavy (non-hydrogen) atoms. The van der Waals surface area contributed by atoms with Gasteiger partial charge in [0.25, 0.3) is 5.91 Å². The molecule has 2 heterocycles. The molecule has 1 fully saturated rings. The number of ether oxygens (including phenoxy) is 1. The molecule has 1 aliphatic rings. The molecule has 1 aromatic heterocycles. The molecule has 2 aromatic carbocycles. The summed E-state index contributed by atoms with van der Waals surface area (Å²) in [4.78, 5) is 18.2. The Hall–Kier alpha value is -2.33. The highest BCUT2D eigenvalue weighted by Gasteiger charge is 2.32. The normalized spacial score (nSPS) is 20.2. The number of fused-ring (bicyclic) bond motifs is 1. The van der Waals surface area contributed by atoms with Gasteiger partial charge in [-0.2, -0.15) is 9.30 Å². The van der Waals surface area contributed by atoms with Crippen LogP contribution < -0.4 is 4.80 Å². The van der Waals surface area contributed by atoms with E-state index in [9.17, 15) is 13.2 Å². The Kier molecular flexibility index (Phi) is 7.37. The second kappa shape index (κ2) is 10.1. The van der Waals surface area contributed by atoms with Gasteiger partial charge in [0.05, 0.1) is 27.3 Å². The minimum atomic E-state index is -3.66. The van der Waals surface area contributed by atoms with Crippen molar-refractivity contribution in [2.75, 3.05) is 13.1 Å². The molecular weight excluding hydrogens is 470 g/mol. The maximum absolute atomic E-state index is 13.1. The lowest BCUT2D eigenvalue weighted by atomic mass is 10.2. The third kappa shape index (κ3) is 5.02. The van der Waals surface area contributed by atoms with E-state index in [1.807, 2.05) is 13.8 Å². The molecule has 2 atom stereocenters. The zero-order valence-electron chi connectivity index (χ0n) is 20.0. The third-order valence-corrected chi connectivity index (χ3v) is 8.81. The minimum absolute atomic E-state index is 0.164. The highest BCUT2D eigenvalue weighted by Crippen LogP contribution is 2.23. The number of morpholine rings is 1. The van der Waals surface area contributed by atoms with Gasteiger partial charge in [0, 0.05) is 25.2 Å². The zero-order chi connectivity index (χ0) is 24.5. The molecule has 1 aliphatic heterocycles. The smallest absolute Gasteiger partial charge is 0.279 e.